The van der Waals surface area contributed by atoms with Gasteiger partial charge in [0.15, 0.2) is 0 Å². The van der Waals surface area contributed by atoms with Gasteiger partial charge >= 0.3 is 5.97 Å². The molecule has 0 aliphatic heterocycles. The Morgan fingerprint density at radius 3 is 2.65 bits per heavy atom. The van der Waals surface area contributed by atoms with Crippen LogP contribution in [0.4, 0.5) is 5.69 Å². The Bertz CT molecular complexity index is 522. The van der Waals surface area contributed by atoms with Crippen LogP contribution in [0.15, 0.2) is 12.1 Å². The van der Waals surface area contributed by atoms with Crippen molar-refractivity contribution < 1.29 is 14.8 Å². The van der Waals surface area contributed by atoms with Gasteiger partial charge in [-0.05, 0) is 12.1 Å². The number of nitrogens with zero attached hydrogens (tertiary/aromatic N) is 2. The van der Waals surface area contributed by atoms with Gasteiger partial charge in [0, 0.05) is 5.56 Å². The molecule has 0 atom stereocenters. The Labute approximate surface area is 101 Å². The number of halogens is 1. The summed E-state index contributed by atoms with van der Waals surface area (Å²) >= 11 is 5.55. The molecule has 0 spiro atoms. The first kappa shape index (κ1) is 12.9. The minimum Gasteiger partial charge on any atom is -0.481 e. The van der Waals surface area contributed by atoms with Crippen LogP contribution in [0, 0.1) is 21.4 Å². The maximum absolute atomic E-state index is 10.9. The summed E-state index contributed by atoms with van der Waals surface area (Å²) in [6, 6.07) is 4.43. The van der Waals surface area contributed by atoms with Crippen LogP contribution in [0.2, 0.25) is 0 Å². The lowest BCUT2D eigenvalue weighted by Gasteiger charge is -2.06. The highest BCUT2D eigenvalue weighted by molar-refractivity contribution is 6.17. The molecule has 6 nitrogen and oxygen atoms in total. The number of nitriles is 1. The molecule has 1 rings (SSSR count). The molecule has 0 aromatic heterocycles. The molecule has 1 aromatic rings. The van der Waals surface area contributed by atoms with Gasteiger partial charge in [-0.3, -0.25) is 14.9 Å². The molecule has 0 amide bonds. The quantitative estimate of drug-likeness (QED) is 0.501. The maximum atomic E-state index is 10.9. The summed E-state index contributed by atoms with van der Waals surface area (Å²) in [5, 5.41) is 28.4. The molecule has 88 valence electrons. The number of hydrogen-bond acceptors (Lipinski definition) is 4. The van der Waals surface area contributed by atoms with Crippen molar-refractivity contribution in [2.75, 3.05) is 0 Å². The lowest BCUT2D eigenvalue weighted by Crippen LogP contribution is -2.08. The van der Waals surface area contributed by atoms with E-state index in [9.17, 15) is 14.9 Å². The number of nitro groups is 1. The van der Waals surface area contributed by atoms with Gasteiger partial charge in [-0.15, -0.1) is 11.6 Å². The summed E-state index contributed by atoms with van der Waals surface area (Å²) < 4.78 is 0. The molecule has 17 heavy (non-hydrogen) atoms. The molecule has 0 unspecified atom stereocenters. The summed E-state index contributed by atoms with van der Waals surface area (Å²) in [6.07, 6.45) is -0.579. The van der Waals surface area contributed by atoms with Gasteiger partial charge in [0.25, 0.3) is 5.69 Å². The fourth-order valence-electron chi connectivity index (χ4n) is 1.46. The van der Waals surface area contributed by atoms with Crippen molar-refractivity contribution in [1.82, 2.24) is 0 Å². The summed E-state index contributed by atoms with van der Waals surface area (Å²) in [4.78, 5) is 20.8. The van der Waals surface area contributed by atoms with Crippen LogP contribution in [0.25, 0.3) is 0 Å². The maximum Gasteiger partial charge on any atom is 0.308 e. The number of carboxylic acid groups (broad SMARTS) is 1. The highest BCUT2D eigenvalue weighted by atomic mass is 35.5. The van der Waals surface area contributed by atoms with Crippen molar-refractivity contribution in [2.24, 2.45) is 0 Å². The average molecular weight is 255 g/mol. The Morgan fingerprint density at radius 1 is 1.59 bits per heavy atom. The van der Waals surface area contributed by atoms with E-state index in [4.69, 9.17) is 22.0 Å². The van der Waals surface area contributed by atoms with E-state index in [1.807, 2.05) is 0 Å². The van der Waals surface area contributed by atoms with Crippen LogP contribution in [0.3, 0.4) is 0 Å². The third kappa shape index (κ3) is 2.71. The minimum absolute atomic E-state index is 0.0204. The molecule has 0 aliphatic carbocycles. The van der Waals surface area contributed by atoms with E-state index < -0.39 is 17.3 Å². The molecule has 1 N–H and O–H groups in total. The number of rotatable bonds is 4. The topological polar surface area (TPSA) is 104 Å². The second-order valence-corrected chi connectivity index (χ2v) is 3.44. The SMILES string of the molecule is N#Cc1ccc(CCl)c([N+](=O)[O-])c1CC(=O)O. The van der Waals surface area contributed by atoms with Gasteiger partial charge in [-0.2, -0.15) is 5.26 Å². The standard InChI is InChI=1S/C10H7ClN2O4/c11-4-6-1-2-7(5-12)8(3-9(14)15)10(6)13(16)17/h1-2H,3-4H2,(H,14,15). The van der Waals surface area contributed by atoms with Crippen LogP contribution < -0.4 is 0 Å². The molecule has 0 aliphatic rings. The smallest absolute Gasteiger partial charge is 0.308 e. The molecule has 1 aromatic carbocycles. The van der Waals surface area contributed by atoms with Crippen molar-refractivity contribution in [3.8, 4) is 6.07 Å². The lowest BCUT2D eigenvalue weighted by molar-refractivity contribution is -0.386. The van der Waals surface area contributed by atoms with Gasteiger partial charge in [0.05, 0.1) is 34.4 Å². The van der Waals surface area contributed by atoms with Crippen molar-refractivity contribution in [2.45, 2.75) is 12.3 Å². The van der Waals surface area contributed by atoms with Crippen LogP contribution >= 0.6 is 11.6 Å². The molecule has 0 heterocycles. The van der Waals surface area contributed by atoms with E-state index in [0.29, 0.717) is 0 Å². The number of aliphatic carboxylic acids is 1. The highest BCUT2D eigenvalue weighted by Crippen LogP contribution is 2.28. The first-order chi connectivity index (χ1) is 8.01. The first-order valence-electron chi connectivity index (χ1n) is 4.48. The first-order valence-corrected chi connectivity index (χ1v) is 5.01. The summed E-state index contributed by atoms with van der Waals surface area (Å²) in [5.74, 6) is -1.36. The lowest BCUT2D eigenvalue weighted by atomic mass is 9.99. The number of hydrogen-bond donors (Lipinski definition) is 1. The third-order valence-electron chi connectivity index (χ3n) is 2.14. The normalized spacial score (nSPS) is 9.65. The van der Waals surface area contributed by atoms with Crippen LogP contribution in [0.1, 0.15) is 16.7 Å². The minimum atomic E-state index is -1.24. The summed E-state index contributed by atoms with van der Waals surface area (Å²) in [6.45, 7) is 0. The van der Waals surface area contributed by atoms with E-state index in [1.54, 1.807) is 6.07 Å². The van der Waals surface area contributed by atoms with Gasteiger partial charge < -0.3 is 5.11 Å². The summed E-state index contributed by atoms with van der Waals surface area (Å²) in [7, 11) is 0. The largest absolute Gasteiger partial charge is 0.481 e. The van der Waals surface area contributed by atoms with Gasteiger partial charge in [0.1, 0.15) is 0 Å². The number of carboxylic acids is 1. The fraction of sp³-hybridized carbons (Fsp3) is 0.200. The van der Waals surface area contributed by atoms with Crippen molar-refractivity contribution in [3.63, 3.8) is 0 Å². The van der Waals surface area contributed by atoms with Crippen molar-refractivity contribution in [3.05, 3.63) is 38.9 Å². The second kappa shape index (κ2) is 5.27. The number of benzene rings is 1. The molecular weight excluding hydrogens is 248 g/mol. The fourth-order valence-corrected chi connectivity index (χ4v) is 1.67. The second-order valence-electron chi connectivity index (χ2n) is 3.17. The molecule has 0 bridgehead atoms. The monoisotopic (exact) mass is 254 g/mol. The average Bonchev–Trinajstić information content (AvgIpc) is 2.27. The molecule has 0 radical (unpaired) electrons. The highest BCUT2D eigenvalue weighted by Gasteiger charge is 2.24. The van der Waals surface area contributed by atoms with E-state index in [-0.39, 0.29) is 28.3 Å². The molecule has 0 saturated carbocycles. The van der Waals surface area contributed by atoms with Gasteiger partial charge in [-0.25, -0.2) is 0 Å². The number of alkyl halides is 1. The van der Waals surface area contributed by atoms with E-state index in [2.05, 4.69) is 0 Å². The van der Waals surface area contributed by atoms with Crippen LogP contribution in [0.5, 0.6) is 0 Å². The molecular formula is C10H7ClN2O4. The molecule has 7 heteroatoms. The predicted octanol–water partition coefficient (Wildman–Crippen LogP) is 1.83. The van der Waals surface area contributed by atoms with Crippen LogP contribution in [-0.2, 0) is 17.1 Å². The number of nitro benzene ring substituents is 1. The van der Waals surface area contributed by atoms with Crippen molar-refractivity contribution >= 4 is 23.3 Å². The van der Waals surface area contributed by atoms with Crippen LogP contribution in [-0.4, -0.2) is 16.0 Å². The summed E-state index contributed by atoms with van der Waals surface area (Å²) in [5.41, 5.74) is -0.315. The zero-order valence-electron chi connectivity index (χ0n) is 8.51. The Morgan fingerprint density at radius 2 is 2.24 bits per heavy atom. The zero-order chi connectivity index (χ0) is 13.0. The Hall–Kier alpha value is -2.13. The van der Waals surface area contributed by atoms with Gasteiger partial charge in [0.2, 0.25) is 0 Å². The van der Waals surface area contributed by atoms with E-state index in [1.165, 1.54) is 12.1 Å². The third-order valence-corrected chi connectivity index (χ3v) is 2.43. The number of carbonyl (C=O) groups is 1. The Kier molecular flexibility index (Phi) is 4.01. The van der Waals surface area contributed by atoms with E-state index >= 15 is 0 Å². The zero-order valence-corrected chi connectivity index (χ0v) is 9.27. The molecule has 0 saturated heterocycles. The van der Waals surface area contributed by atoms with E-state index in [0.717, 1.165) is 0 Å². The van der Waals surface area contributed by atoms with Gasteiger partial charge in [-0.1, -0.05) is 0 Å². The molecule has 0 fully saturated rings. The Balaban J connectivity index is 3.53. The predicted molar refractivity (Wildman–Crippen MR) is 58.7 cm³/mol. The van der Waals surface area contributed by atoms with Crippen molar-refractivity contribution in [1.29, 1.82) is 5.26 Å².